The van der Waals surface area contributed by atoms with E-state index in [0.717, 1.165) is 10.9 Å². The minimum Gasteiger partial charge on any atom is -0.347 e. The number of hydrogen-bond donors (Lipinski definition) is 1. The lowest BCUT2D eigenvalue weighted by Crippen LogP contribution is -2.23. The molecule has 2 heterocycles. The molecule has 0 saturated carbocycles. The first-order valence-corrected chi connectivity index (χ1v) is 6.53. The smallest absolute Gasteiger partial charge is 0.254 e. The molecule has 2 rings (SSSR count). The van der Waals surface area contributed by atoms with Gasteiger partial charge < -0.3 is 5.32 Å². The summed E-state index contributed by atoms with van der Waals surface area (Å²) in [5.74, 6) is -1.26. The van der Waals surface area contributed by atoms with Crippen LogP contribution in [0.4, 0.5) is 4.39 Å². The Labute approximate surface area is 117 Å². The van der Waals surface area contributed by atoms with Crippen LogP contribution < -0.4 is 5.32 Å². The Morgan fingerprint density at radius 3 is 2.89 bits per heavy atom. The summed E-state index contributed by atoms with van der Waals surface area (Å²) in [4.78, 5) is 16.3. The van der Waals surface area contributed by atoms with E-state index in [1.807, 2.05) is 17.5 Å². The van der Waals surface area contributed by atoms with Crippen molar-refractivity contribution >= 4 is 40.4 Å². The zero-order valence-electron chi connectivity index (χ0n) is 8.91. The van der Waals surface area contributed by atoms with Crippen molar-refractivity contribution < 1.29 is 9.18 Å². The number of nitrogens with one attached hydrogen (secondary N) is 1. The molecular formula is C11H7Cl2FN2OS. The molecule has 0 radical (unpaired) electrons. The quantitative estimate of drug-likeness (QED) is 0.882. The van der Waals surface area contributed by atoms with Gasteiger partial charge in [0.05, 0.1) is 12.1 Å². The summed E-state index contributed by atoms with van der Waals surface area (Å²) in [5.41, 5.74) is -0.0323. The summed E-state index contributed by atoms with van der Waals surface area (Å²) >= 11 is 12.7. The van der Waals surface area contributed by atoms with Crippen molar-refractivity contribution in [1.82, 2.24) is 10.3 Å². The van der Waals surface area contributed by atoms with Crippen molar-refractivity contribution in [2.24, 2.45) is 0 Å². The first-order valence-electron chi connectivity index (χ1n) is 4.90. The standard InChI is InChI=1S/C11H7Cl2FN2OS/c12-9-7(4-8(14)10(13)16-9)11(17)15-5-6-2-1-3-18-6/h1-4H,5H2,(H,15,17). The van der Waals surface area contributed by atoms with E-state index < -0.39 is 11.7 Å². The normalized spacial score (nSPS) is 10.4. The van der Waals surface area contributed by atoms with Gasteiger partial charge in [-0.3, -0.25) is 4.79 Å². The molecule has 0 spiro atoms. The second kappa shape index (κ2) is 5.65. The lowest BCUT2D eigenvalue weighted by molar-refractivity contribution is 0.0950. The van der Waals surface area contributed by atoms with E-state index in [2.05, 4.69) is 10.3 Å². The molecule has 0 atom stereocenters. The molecule has 3 nitrogen and oxygen atoms in total. The number of hydrogen-bond acceptors (Lipinski definition) is 3. The second-order valence-corrected chi connectivity index (χ2v) is 5.11. The monoisotopic (exact) mass is 304 g/mol. The van der Waals surface area contributed by atoms with Crippen LogP contribution in [0.1, 0.15) is 15.2 Å². The Hall–Kier alpha value is -1.17. The van der Waals surface area contributed by atoms with E-state index >= 15 is 0 Å². The summed E-state index contributed by atoms with van der Waals surface area (Å²) in [5, 5.41) is 4.05. The molecule has 0 bridgehead atoms. The number of amides is 1. The van der Waals surface area contributed by atoms with Crippen LogP contribution in [0, 0.1) is 5.82 Å². The first-order chi connectivity index (χ1) is 8.58. The molecule has 0 aromatic carbocycles. The van der Waals surface area contributed by atoms with Gasteiger partial charge in [0, 0.05) is 4.88 Å². The van der Waals surface area contributed by atoms with Crippen molar-refractivity contribution in [3.05, 3.63) is 50.1 Å². The zero-order chi connectivity index (χ0) is 13.1. The lowest BCUT2D eigenvalue weighted by Gasteiger charge is -2.06. The Morgan fingerprint density at radius 1 is 1.44 bits per heavy atom. The predicted octanol–water partition coefficient (Wildman–Crippen LogP) is 3.52. The maximum Gasteiger partial charge on any atom is 0.254 e. The lowest BCUT2D eigenvalue weighted by atomic mass is 10.2. The summed E-state index contributed by atoms with van der Waals surface area (Å²) in [6.07, 6.45) is 0. The minimum absolute atomic E-state index is 0.0323. The maximum atomic E-state index is 13.2. The highest BCUT2D eigenvalue weighted by Crippen LogP contribution is 2.20. The number of carbonyl (C=O) groups is 1. The van der Waals surface area contributed by atoms with Crippen LogP contribution in [0.15, 0.2) is 23.6 Å². The van der Waals surface area contributed by atoms with Crippen LogP contribution in [0.2, 0.25) is 10.3 Å². The first kappa shape index (κ1) is 13.3. The van der Waals surface area contributed by atoms with Gasteiger partial charge in [0.15, 0.2) is 11.0 Å². The van der Waals surface area contributed by atoms with E-state index in [1.165, 1.54) is 11.3 Å². The summed E-state index contributed by atoms with van der Waals surface area (Å²) < 4.78 is 13.2. The fraction of sp³-hybridized carbons (Fsp3) is 0.0909. The third-order valence-corrected chi connectivity index (χ3v) is 3.56. The van der Waals surface area contributed by atoms with Gasteiger partial charge in [-0.2, -0.15) is 0 Å². The molecule has 0 unspecified atom stereocenters. The topological polar surface area (TPSA) is 42.0 Å². The SMILES string of the molecule is O=C(NCc1cccs1)c1cc(F)c(Cl)nc1Cl. The molecule has 1 amide bonds. The fourth-order valence-electron chi connectivity index (χ4n) is 1.28. The molecule has 0 aliphatic carbocycles. The van der Waals surface area contributed by atoms with Crippen molar-refractivity contribution in [2.75, 3.05) is 0 Å². The Morgan fingerprint density at radius 2 is 2.22 bits per heavy atom. The van der Waals surface area contributed by atoms with Crippen LogP contribution in [-0.4, -0.2) is 10.9 Å². The summed E-state index contributed by atoms with van der Waals surface area (Å²) in [7, 11) is 0. The van der Waals surface area contributed by atoms with Gasteiger partial charge in [-0.05, 0) is 17.5 Å². The van der Waals surface area contributed by atoms with E-state index in [0.29, 0.717) is 6.54 Å². The molecule has 1 N–H and O–H groups in total. The van der Waals surface area contributed by atoms with Crippen molar-refractivity contribution in [2.45, 2.75) is 6.54 Å². The number of carbonyl (C=O) groups excluding carboxylic acids is 1. The van der Waals surface area contributed by atoms with Gasteiger partial charge in [0.25, 0.3) is 5.91 Å². The fourth-order valence-corrected chi connectivity index (χ4v) is 2.33. The zero-order valence-corrected chi connectivity index (χ0v) is 11.2. The largest absolute Gasteiger partial charge is 0.347 e. The summed E-state index contributed by atoms with van der Waals surface area (Å²) in [6.45, 7) is 0.358. The average molecular weight is 305 g/mol. The van der Waals surface area contributed by atoms with Gasteiger partial charge in [0.2, 0.25) is 0 Å². The van der Waals surface area contributed by atoms with E-state index in [4.69, 9.17) is 23.2 Å². The van der Waals surface area contributed by atoms with Gasteiger partial charge in [-0.1, -0.05) is 29.3 Å². The molecule has 0 aliphatic heterocycles. The van der Waals surface area contributed by atoms with Gasteiger partial charge in [-0.25, -0.2) is 9.37 Å². The number of aromatic nitrogens is 1. The van der Waals surface area contributed by atoms with Crippen LogP contribution >= 0.6 is 34.5 Å². The van der Waals surface area contributed by atoms with E-state index in [9.17, 15) is 9.18 Å². The van der Waals surface area contributed by atoms with Crippen LogP contribution in [-0.2, 0) is 6.54 Å². The molecule has 7 heteroatoms. The molecule has 0 fully saturated rings. The van der Waals surface area contributed by atoms with Gasteiger partial charge >= 0.3 is 0 Å². The highest BCUT2D eigenvalue weighted by atomic mass is 35.5. The number of thiophene rings is 1. The van der Waals surface area contributed by atoms with Crippen molar-refractivity contribution in [1.29, 1.82) is 0 Å². The molecule has 0 aliphatic rings. The minimum atomic E-state index is -0.776. The molecular weight excluding hydrogens is 298 g/mol. The molecule has 94 valence electrons. The van der Waals surface area contributed by atoms with Crippen LogP contribution in [0.25, 0.3) is 0 Å². The Kier molecular flexibility index (Phi) is 4.16. The molecule has 2 aromatic rings. The number of halogens is 3. The average Bonchev–Trinajstić information content (AvgIpc) is 2.84. The van der Waals surface area contributed by atoms with Crippen molar-refractivity contribution in [3.63, 3.8) is 0 Å². The van der Waals surface area contributed by atoms with Crippen LogP contribution in [0.3, 0.4) is 0 Å². The van der Waals surface area contributed by atoms with Gasteiger partial charge in [-0.15, -0.1) is 11.3 Å². The summed E-state index contributed by atoms with van der Waals surface area (Å²) in [6, 6.07) is 4.73. The number of rotatable bonds is 3. The third kappa shape index (κ3) is 2.98. The Balaban J connectivity index is 2.11. The molecule has 2 aromatic heterocycles. The van der Waals surface area contributed by atoms with E-state index in [-0.39, 0.29) is 15.9 Å². The van der Waals surface area contributed by atoms with E-state index in [1.54, 1.807) is 0 Å². The van der Waals surface area contributed by atoms with Crippen molar-refractivity contribution in [3.8, 4) is 0 Å². The van der Waals surface area contributed by atoms with Crippen LogP contribution in [0.5, 0.6) is 0 Å². The second-order valence-electron chi connectivity index (χ2n) is 3.36. The highest BCUT2D eigenvalue weighted by molar-refractivity contribution is 7.09. The third-order valence-electron chi connectivity index (χ3n) is 2.13. The maximum absolute atomic E-state index is 13.2. The highest BCUT2D eigenvalue weighted by Gasteiger charge is 2.15. The van der Waals surface area contributed by atoms with Gasteiger partial charge in [0.1, 0.15) is 5.15 Å². The molecule has 0 saturated heterocycles. The number of pyridine rings is 1. The Bertz CT molecular complexity index is 575. The predicted molar refractivity (Wildman–Crippen MR) is 69.7 cm³/mol. The number of nitrogens with zero attached hydrogens (tertiary/aromatic N) is 1. The molecule has 18 heavy (non-hydrogen) atoms.